The van der Waals surface area contributed by atoms with Crippen molar-refractivity contribution in [2.24, 2.45) is 0 Å². The number of nitro benzene ring substituents is 1. The second kappa shape index (κ2) is 13.0. The molecule has 0 unspecified atom stereocenters. The normalized spacial score (nSPS) is 11.2. The maximum absolute atomic E-state index is 13.7. The maximum atomic E-state index is 13.7. The number of carbonyl (C=O) groups excluding carboxylic acids is 1. The van der Waals surface area contributed by atoms with Crippen LogP contribution in [-0.4, -0.2) is 10.8 Å². The molecule has 0 aliphatic heterocycles. The lowest BCUT2D eigenvalue weighted by Crippen LogP contribution is -2.38. The zero-order valence-corrected chi connectivity index (χ0v) is 23.2. The zero-order chi connectivity index (χ0) is 27.1. The lowest BCUT2D eigenvalue weighted by atomic mass is 10.2. The Morgan fingerprint density at radius 1 is 0.625 bits per heavy atom. The zero-order valence-electron chi connectivity index (χ0n) is 21.5. The Morgan fingerprint density at radius 2 is 1.02 bits per heavy atom. The van der Waals surface area contributed by atoms with Crippen LogP contribution in [-0.2, 0) is 0 Å². The molecule has 0 fully saturated rings. The molecule has 7 heteroatoms. The quantitative estimate of drug-likeness (QED) is 0.129. The molecule has 0 saturated carbocycles. The Hall–Kier alpha value is -4.57. The first-order valence-electron chi connectivity index (χ1n) is 12.5. The van der Waals surface area contributed by atoms with Gasteiger partial charge >= 0.3 is 0 Å². The van der Waals surface area contributed by atoms with E-state index in [9.17, 15) is 14.9 Å². The van der Waals surface area contributed by atoms with Gasteiger partial charge in [0, 0.05) is 23.8 Å². The monoisotopic (exact) mass is 565 g/mol. The first kappa shape index (κ1) is 28.4. The molecule has 40 heavy (non-hydrogen) atoms. The minimum Gasteiger partial charge on any atom is -0.292 e. The van der Waals surface area contributed by atoms with E-state index in [-0.39, 0.29) is 24.0 Å². The van der Waals surface area contributed by atoms with Crippen LogP contribution in [0, 0.1) is 10.1 Å². The number of nitrogens with one attached hydrogen (secondary N) is 1. The molecule has 5 rings (SSSR count). The van der Waals surface area contributed by atoms with Crippen LogP contribution in [0.3, 0.4) is 0 Å². The average Bonchev–Trinajstić information content (AvgIpc) is 3.00. The topological polar surface area (TPSA) is 72.2 Å². The Labute approximate surface area is 240 Å². The van der Waals surface area contributed by atoms with Crippen LogP contribution >= 0.6 is 19.7 Å². The SMILES string of the molecule is Cl.O=C(N/C(=C\c1ccc([N+](=O)[O-])cc1)[P+](c1ccccc1)(c1ccccc1)c1ccccc1)c1ccccc1. The lowest BCUT2D eigenvalue weighted by Gasteiger charge is -2.29. The van der Waals surface area contributed by atoms with Crippen LogP contribution in [0.5, 0.6) is 0 Å². The van der Waals surface area contributed by atoms with Gasteiger partial charge < -0.3 is 0 Å². The van der Waals surface area contributed by atoms with Crippen LogP contribution < -0.4 is 21.2 Å². The summed E-state index contributed by atoms with van der Waals surface area (Å²) in [5, 5.41) is 17.8. The van der Waals surface area contributed by atoms with E-state index in [4.69, 9.17) is 0 Å². The minimum absolute atomic E-state index is 0. The maximum Gasteiger partial charge on any atom is 0.269 e. The second-order valence-electron chi connectivity index (χ2n) is 8.88. The Morgan fingerprint density at radius 3 is 1.43 bits per heavy atom. The van der Waals surface area contributed by atoms with E-state index in [1.54, 1.807) is 24.3 Å². The molecule has 0 saturated heterocycles. The summed E-state index contributed by atoms with van der Waals surface area (Å²) < 4.78 is 0. The van der Waals surface area contributed by atoms with E-state index in [0.29, 0.717) is 5.56 Å². The molecule has 0 radical (unpaired) electrons. The fraction of sp³-hybridized carbons (Fsp3) is 0. The van der Waals surface area contributed by atoms with Gasteiger partial charge in [0.25, 0.3) is 11.6 Å². The van der Waals surface area contributed by atoms with E-state index < -0.39 is 12.2 Å². The van der Waals surface area contributed by atoms with Crippen molar-refractivity contribution in [3.05, 3.63) is 172 Å². The number of benzene rings is 5. The number of nitro groups is 1. The van der Waals surface area contributed by atoms with Crippen LogP contribution in [0.15, 0.2) is 151 Å². The lowest BCUT2D eigenvalue weighted by molar-refractivity contribution is -0.384. The van der Waals surface area contributed by atoms with Crippen molar-refractivity contribution >= 4 is 53.3 Å². The van der Waals surface area contributed by atoms with E-state index >= 15 is 0 Å². The van der Waals surface area contributed by atoms with Gasteiger partial charge in [-0.3, -0.25) is 20.2 Å². The van der Waals surface area contributed by atoms with Crippen molar-refractivity contribution in [3.8, 4) is 0 Å². The molecule has 0 bridgehead atoms. The number of rotatable bonds is 8. The van der Waals surface area contributed by atoms with Gasteiger partial charge in [-0.2, -0.15) is 0 Å². The van der Waals surface area contributed by atoms with Gasteiger partial charge in [-0.15, -0.1) is 12.4 Å². The molecule has 0 aromatic heterocycles. The van der Waals surface area contributed by atoms with Crippen LogP contribution in [0.4, 0.5) is 5.69 Å². The van der Waals surface area contributed by atoms with Gasteiger partial charge in [0.2, 0.25) is 0 Å². The smallest absolute Gasteiger partial charge is 0.269 e. The minimum atomic E-state index is -2.64. The van der Waals surface area contributed by atoms with Gasteiger partial charge in [0.05, 0.1) is 4.92 Å². The predicted octanol–water partition coefficient (Wildman–Crippen LogP) is 6.74. The predicted molar refractivity (Wildman–Crippen MR) is 167 cm³/mol. The van der Waals surface area contributed by atoms with Crippen LogP contribution in [0.2, 0.25) is 0 Å². The fourth-order valence-electron chi connectivity index (χ4n) is 4.66. The third kappa shape index (κ3) is 5.86. The number of carbonyl (C=O) groups is 1. The number of nitrogens with zero attached hydrogens (tertiary/aromatic N) is 1. The van der Waals surface area contributed by atoms with Crippen molar-refractivity contribution in [1.29, 1.82) is 0 Å². The van der Waals surface area contributed by atoms with Crippen molar-refractivity contribution in [2.75, 3.05) is 0 Å². The molecule has 0 atom stereocenters. The highest BCUT2D eigenvalue weighted by atomic mass is 35.5. The van der Waals surface area contributed by atoms with Crippen molar-refractivity contribution in [2.45, 2.75) is 0 Å². The summed E-state index contributed by atoms with van der Waals surface area (Å²) in [5.41, 5.74) is 2.03. The van der Waals surface area contributed by atoms with Crippen molar-refractivity contribution in [1.82, 2.24) is 5.32 Å². The molecule has 0 heterocycles. The summed E-state index contributed by atoms with van der Waals surface area (Å²) in [7, 11) is -2.64. The van der Waals surface area contributed by atoms with Crippen LogP contribution in [0.25, 0.3) is 6.08 Å². The summed E-state index contributed by atoms with van der Waals surface area (Å²) in [6.07, 6.45) is 1.95. The summed E-state index contributed by atoms with van der Waals surface area (Å²) in [4.78, 5) is 24.6. The molecule has 1 N–H and O–H groups in total. The fourth-order valence-corrected chi connectivity index (χ4v) is 8.86. The van der Waals surface area contributed by atoms with Crippen molar-refractivity contribution < 1.29 is 9.72 Å². The number of amides is 1. The van der Waals surface area contributed by atoms with E-state index in [0.717, 1.165) is 26.9 Å². The molecular formula is C33H27ClN2O3P+. The molecule has 0 aliphatic rings. The van der Waals surface area contributed by atoms with Gasteiger partial charge in [0.15, 0.2) is 12.7 Å². The van der Waals surface area contributed by atoms with E-state index in [1.165, 1.54) is 12.1 Å². The third-order valence-corrected chi connectivity index (χ3v) is 10.7. The number of halogens is 1. The Kier molecular flexibility index (Phi) is 9.23. The highest BCUT2D eigenvalue weighted by Crippen LogP contribution is 2.61. The van der Waals surface area contributed by atoms with Crippen molar-refractivity contribution in [3.63, 3.8) is 0 Å². The van der Waals surface area contributed by atoms with Gasteiger partial charge in [-0.25, -0.2) is 0 Å². The summed E-state index contributed by atoms with van der Waals surface area (Å²) in [6.45, 7) is 0. The highest BCUT2D eigenvalue weighted by molar-refractivity contribution is 7.99. The Balaban J connectivity index is 0.00000370. The molecular weight excluding hydrogens is 539 g/mol. The second-order valence-corrected chi connectivity index (χ2v) is 12.2. The van der Waals surface area contributed by atoms with Crippen LogP contribution in [0.1, 0.15) is 15.9 Å². The molecule has 5 nitrogen and oxygen atoms in total. The Bertz CT molecular complexity index is 1500. The van der Waals surface area contributed by atoms with E-state index in [2.05, 4.69) is 41.7 Å². The largest absolute Gasteiger partial charge is 0.292 e. The molecule has 1 amide bonds. The highest BCUT2D eigenvalue weighted by Gasteiger charge is 2.50. The average molecular weight is 566 g/mol. The van der Waals surface area contributed by atoms with E-state index in [1.807, 2.05) is 78.9 Å². The summed E-state index contributed by atoms with van der Waals surface area (Å²) >= 11 is 0. The number of hydrogen-bond donors (Lipinski definition) is 1. The molecule has 0 spiro atoms. The van der Waals surface area contributed by atoms with Gasteiger partial charge in [-0.05, 0) is 66.2 Å². The molecule has 198 valence electrons. The molecule has 0 aliphatic carbocycles. The third-order valence-electron chi connectivity index (χ3n) is 6.48. The van der Waals surface area contributed by atoms with Gasteiger partial charge in [-0.1, -0.05) is 72.8 Å². The standard InChI is InChI=1S/C33H25N2O3P.ClH/c36-33(27-13-5-1-6-14-27)34-32(25-26-21-23-28(24-22-26)35(37)38)39(29-15-7-2-8-16-29,30-17-9-3-10-18-30)31-19-11-4-12-20-31;/h1-25H;1H/p+1/b32-25+;. The first-order chi connectivity index (χ1) is 19.1. The number of hydrogen-bond acceptors (Lipinski definition) is 3. The number of non-ortho nitro benzene ring substituents is 1. The summed E-state index contributed by atoms with van der Waals surface area (Å²) in [5.74, 6) is -0.226. The van der Waals surface area contributed by atoms with Gasteiger partial charge in [0.1, 0.15) is 15.9 Å². The first-order valence-corrected chi connectivity index (χ1v) is 14.3. The molecule has 5 aromatic carbocycles. The summed E-state index contributed by atoms with van der Waals surface area (Å²) in [6, 6.07) is 46.1. The molecule has 5 aromatic rings.